The van der Waals surface area contributed by atoms with Crippen LogP contribution in [0.2, 0.25) is 19.6 Å². The summed E-state index contributed by atoms with van der Waals surface area (Å²) in [4.78, 5) is 9.44. The van der Waals surface area contributed by atoms with Gasteiger partial charge in [0.2, 0.25) is 0 Å². The third-order valence-electron chi connectivity index (χ3n) is 8.97. The third-order valence-corrected chi connectivity index (χ3v) is 12.2. The summed E-state index contributed by atoms with van der Waals surface area (Å²) in [6, 6.07) is 40.9. The molecular formula is C45H46IrN2SSi-2. The first-order chi connectivity index (χ1) is 23.5. The maximum atomic E-state index is 4.75. The van der Waals surface area contributed by atoms with E-state index >= 15 is 0 Å². The molecule has 7 aromatic rings. The van der Waals surface area contributed by atoms with Crippen LogP contribution in [-0.4, -0.2) is 18.0 Å². The number of benzene rings is 4. The Hall–Kier alpha value is -3.73. The summed E-state index contributed by atoms with van der Waals surface area (Å²) in [7, 11) is -1.34. The van der Waals surface area contributed by atoms with Crippen molar-refractivity contribution in [1.82, 2.24) is 9.97 Å². The predicted molar refractivity (Wildman–Crippen MR) is 216 cm³/mol. The zero-order valence-corrected chi connectivity index (χ0v) is 34.6. The van der Waals surface area contributed by atoms with Crippen molar-refractivity contribution < 1.29 is 20.1 Å². The second kappa shape index (κ2) is 16.1. The molecule has 0 saturated heterocycles. The van der Waals surface area contributed by atoms with Crippen LogP contribution in [0.4, 0.5) is 0 Å². The van der Waals surface area contributed by atoms with Crippen molar-refractivity contribution in [2.45, 2.75) is 66.6 Å². The number of aryl methyl sites for hydroxylation is 1. The maximum absolute atomic E-state index is 4.75. The fraction of sp³-hybridized carbons (Fsp3) is 0.244. The van der Waals surface area contributed by atoms with Crippen molar-refractivity contribution in [3.63, 3.8) is 0 Å². The van der Waals surface area contributed by atoms with E-state index in [1.54, 1.807) is 0 Å². The van der Waals surface area contributed by atoms with Crippen LogP contribution in [0, 0.1) is 25.0 Å². The standard InChI is InChI=1S/C27H22NS.C18H24NSi.Ir/c1-17(2)24-15-25(28-16-18(24)3)23-11-7-10-22-21-13-12-20(14-26(21)29-27(22)23)19-8-5-4-6-9-19;1-14(2)11-16-12-17(15-9-7-6-8-10-15)19-13-18(16)20(3,4)5;/h4-10,12-17H,1-3H3;6-9,12-14H,11H2,1-5H3;/q2*-1;. The van der Waals surface area contributed by atoms with E-state index in [1.165, 1.54) is 53.2 Å². The van der Waals surface area contributed by atoms with Crippen molar-refractivity contribution in [3.05, 3.63) is 138 Å². The number of fused-ring (bicyclic) bond motifs is 3. The van der Waals surface area contributed by atoms with Crippen LogP contribution >= 0.6 is 11.3 Å². The van der Waals surface area contributed by atoms with Crippen LogP contribution < -0.4 is 5.19 Å². The molecule has 5 heteroatoms. The number of hydrogen-bond donors (Lipinski definition) is 0. The van der Waals surface area contributed by atoms with Crippen LogP contribution in [0.3, 0.4) is 0 Å². The first-order valence-corrected chi connectivity index (χ1v) is 21.7. The van der Waals surface area contributed by atoms with Gasteiger partial charge in [-0.1, -0.05) is 113 Å². The van der Waals surface area contributed by atoms with Gasteiger partial charge in [0, 0.05) is 37.2 Å². The number of aromatic nitrogens is 2. The van der Waals surface area contributed by atoms with Gasteiger partial charge in [-0.15, -0.1) is 59.7 Å². The molecular weight excluding hydrogens is 821 g/mol. The molecule has 0 amide bonds. The second-order valence-electron chi connectivity index (χ2n) is 14.7. The number of nitrogens with zero attached hydrogens (tertiary/aromatic N) is 2. The fourth-order valence-electron chi connectivity index (χ4n) is 6.52. The molecule has 3 aromatic heterocycles. The number of rotatable bonds is 7. The molecule has 0 spiro atoms. The fourth-order valence-corrected chi connectivity index (χ4v) is 9.36. The van der Waals surface area contributed by atoms with Crippen molar-refractivity contribution in [3.8, 4) is 33.6 Å². The van der Waals surface area contributed by atoms with Gasteiger partial charge in [0.1, 0.15) is 0 Å². The first-order valence-electron chi connectivity index (χ1n) is 17.4. The summed E-state index contributed by atoms with van der Waals surface area (Å²) in [5, 5.41) is 4.08. The minimum atomic E-state index is -1.34. The van der Waals surface area contributed by atoms with E-state index in [2.05, 4.69) is 150 Å². The molecule has 0 aliphatic carbocycles. The quantitative estimate of drug-likeness (QED) is 0.118. The van der Waals surface area contributed by atoms with Crippen LogP contribution in [0.15, 0.2) is 109 Å². The smallest absolute Gasteiger partial charge is 0.0798 e. The second-order valence-corrected chi connectivity index (χ2v) is 20.8. The Morgan fingerprint density at radius 2 is 1.46 bits per heavy atom. The third kappa shape index (κ3) is 8.41. The van der Waals surface area contributed by atoms with Gasteiger partial charge in [-0.3, -0.25) is 0 Å². The SMILES string of the molecule is CC(C)Cc1cc(-c2[c-]cccc2)ncc1[Si](C)(C)C.Cc1cnc(-c2[c-]ccc3c2sc2cc(-c4ccccc4)ccc23)cc1C(C)C.[Ir]. The molecule has 0 fully saturated rings. The molecule has 4 aromatic carbocycles. The minimum absolute atomic E-state index is 0. The Balaban J connectivity index is 0.000000204. The van der Waals surface area contributed by atoms with Crippen LogP contribution in [-0.2, 0) is 26.5 Å². The molecule has 0 aliphatic heterocycles. The van der Waals surface area contributed by atoms with E-state index in [-0.39, 0.29) is 20.1 Å². The zero-order valence-electron chi connectivity index (χ0n) is 30.4. The largest absolute Gasteiger partial charge is 0.305 e. The summed E-state index contributed by atoms with van der Waals surface area (Å²) in [5.74, 6) is 1.15. The van der Waals surface area contributed by atoms with Crippen LogP contribution in [0.25, 0.3) is 53.8 Å². The Bertz CT molecular complexity index is 2200. The number of thiophene rings is 1. The van der Waals surface area contributed by atoms with Crippen LogP contribution in [0.5, 0.6) is 0 Å². The van der Waals surface area contributed by atoms with E-state index in [9.17, 15) is 0 Å². The van der Waals surface area contributed by atoms with Crippen molar-refractivity contribution in [2.24, 2.45) is 5.92 Å². The van der Waals surface area contributed by atoms with Crippen molar-refractivity contribution >= 4 is 44.8 Å². The molecule has 2 nitrogen and oxygen atoms in total. The minimum Gasteiger partial charge on any atom is -0.305 e. The summed E-state index contributed by atoms with van der Waals surface area (Å²) in [6.07, 6.45) is 5.24. The zero-order chi connectivity index (χ0) is 34.7. The van der Waals surface area contributed by atoms with Gasteiger partial charge in [-0.05, 0) is 80.2 Å². The molecule has 3 heterocycles. The van der Waals surface area contributed by atoms with Gasteiger partial charge in [0.15, 0.2) is 0 Å². The number of pyridine rings is 2. The molecule has 257 valence electrons. The first kappa shape index (κ1) is 37.5. The molecule has 7 rings (SSSR count). The van der Waals surface area contributed by atoms with Crippen molar-refractivity contribution in [2.75, 3.05) is 0 Å². The number of hydrogen-bond acceptors (Lipinski definition) is 3. The predicted octanol–water partition coefficient (Wildman–Crippen LogP) is 12.3. The molecule has 0 bridgehead atoms. The van der Waals surface area contributed by atoms with Crippen molar-refractivity contribution in [1.29, 1.82) is 0 Å². The summed E-state index contributed by atoms with van der Waals surface area (Å²) in [6.45, 7) is 18.3. The van der Waals surface area contributed by atoms with E-state index in [4.69, 9.17) is 4.98 Å². The Morgan fingerprint density at radius 3 is 2.14 bits per heavy atom. The van der Waals surface area contributed by atoms with Gasteiger partial charge in [0.25, 0.3) is 0 Å². The van der Waals surface area contributed by atoms with Gasteiger partial charge in [-0.25, -0.2) is 0 Å². The Labute approximate surface area is 317 Å². The summed E-state index contributed by atoms with van der Waals surface area (Å²) in [5.41, 5.74) is 10.8. The van der Waals surface area contributed by atoms with Gasteiger partial charge in [0.05, 0.1) is 8.07 Å². The van der Waals surface area contributed by atoms with E-state index < -0.39 is 8.07 Å². The van der Waals surface area contributed by atoms with Gasteiger partial charge in [-0.2, -0.15) is 11.3 Å². The average Bonchev–Trinajstić information content (AvgIpc) is 3.47. The topological polar surface area (TPSA) is 25.8 Å². The molecule has 1 radical (unpaired) electrons. The van der Waals surface area contributed by atoms with Gasteiger partial charge < -0.3 is 9.97 Å². The molecule has 0 N–H and O–H groups in total. The molecule has 0 saturated carbocycles. The monoisotopic (exact) mass is 867 g/mol. The van der Waals surface area contributed by atoms with E-state index in [0.717, 1.165) is 28.9 Å². The van der Waals surface area contributed by atoms with E-state index in [1.807, 2.05) is 41.8 Å². The normalized spacial score (nSPS) is 11.5. The summed E-state index contributed by atoms with van der Waals surface area (Å²) < 4.78 is 2.57. The molecule has 0 aliphatic rings. The molecule has 0 unspecified atom stereocenters. The Kier molecular flexibility index (Phi) is 12.1. The van der Waals surface area contributed by atoms with Crippen LogP contribution in [0.1, 0.15) is 50.3 Å². The average molecular weight is 867 g/mol. The summed E-state index contributed by atoms with van der Waals surface area (Å²) >= 11 is 1.84. The maximum Gasteiger partial charge on any atom is 0.0798 e. The van der Waals surface area contributed by atoms with Gasteiger partial charge >= 0.3 is 0 Å². The molecule has 50 heavy (non-hydrogen) atoms. The molecule has 0 atom stereocenters. The van der Waals surface area contributed by atoms with E-state index in [0.29, 0.717) is 11.8 Å². The Morgan fingerprint density at radius 1 is 0.720 bits per heavy atom.